The molecule has 2 heterocycles. The van der Waals surface area contributed by atoms with Gasteiger partial charge in [0, 0.05) is 25.7 Å². The van der Waals surface area contributed by atoms with E-state index in [1.807, 2.05) is 7.05 Å². The molecular formula is C10H16N4O. The van der Waals surface area contributed by atoms with Crippen molar-refractivity contribution in [2.75, 3.05) is 25.0 Å². The summed E-state index contributed by atoms with van der Waals surface area (Å²) >= 11 is 0. The second kappa shape index (κ2) is 4.02. The van der Waals surface area contributed by atoms with Gasteiger partial charge in [-0.1, -0.05) is 0 Å². The molecule has 15 heavy (non-hydrogen) atoms. The second-order valence-corrected chi connectivity index (χ2v) is 3.95. The van der Waals surface area contributed by atoms with Crippen molar-refractivity contribution in [2.45, 2.75) is 19.4 Å². The molecule has 1 aromatic heterocycles. The summed E-state index contributed by atoms with van der Waals surface area (Å²) in [5.74, 6) is 1.42. The third-order valence-corrected chi connectivity index (χ3v) is 2.79. The van der Waals surface area contributed by atoms with E-state index in [9.17, 15) is 4.79 Å². The molecule has 82 valence electrons. The quantitative estimate of drug-likeness (QED) is 0.711. The summed E-state index contributed by atoms with van der Waals surface area (Å²) in [7, 11) is 1.98. The van der Waals surface area contributed by atoms with Crippen LogP contribution in [0.5, 0.6) is 0 Å². The van der Waals surface area contributed by atoms with Crippen LogP contribution in [0, 0.1) is 6.92 Å². The van der Waals surface area contributed by atoms with E-state index >= 15 is 0 Å². The Balaban J connectivity index is 2.24. The van der Waals surface area contributed by atoms with Gasteiger partial charge in [-0.15, -0.1) is 0 Å². The number of anilines is 1. The van der Waals surface area contributed by atoms with Gasteiger partial charge in [0.25, 0.3) is 5.56 Å². The number of hydrogen-bond acceptors (Lipinski definition) is 4. The summed E-state index contributed by atoms with van der Waals surface area (Å²) in [6.07, 6.45) is 1.10. The lowest BCUT2D eigenvalue weighted by atomic mass is 10.2. The summed E-state index contributed by atoms with van der Waals surface area (Å²) < 4.78 is 0. The van der Waals surface area contributed by atoms with Gasteiger partial charge in [0.2, 0.25) is 0 Å². The summed E-state index contributed by atoms with van der Waals surface area (Å²) in [6, 6.07) is 1.99. The van der Waals surface area contributed by atoms with Crippen LogP contribution < -0.4 is 15.8 Å². The Labute approximate surface area is 88.5 Å². The van der Waals surface area contributed by atoms with E-state index in [1.54, 1.807) is 13.0 Å². The molecule has 1 aliphatic rings. The van der Waals surface area contributed by atoms with Crippen molar-refractivity contribution in [1.82, 2.24) is 15.3 Å². The highest BCUT2D eigenvalue weighted by Crippen LogP contribution is 2.13. The highest BCUT2D eigenvalue weighted by Gasteiger charge is 2.20. The highest BCUT2D eigenvalue weighted by molar-refractivity contribution is 5.38. The molecule has 1 unspecified atom stereocenters. The lowest BCUT2D eigenvalue weighted by molar-refractivity contribution is 0.674. The molecule has 5 heteroatoms. The van der Waals surface area contributed by atoms with Gasteiger partial charge >= 0.3 is 0 Å². The van der Waals surface area contributed by atoms with E-state index in [0.29, 0.717) is 11.9 Å². The predicted octanol–water partition coefficient (Wildman–Crippen LogP) is -0.124. The number of aromatic nitrogens is 2. The van der Waals surface area contributed by atoms with Crippen molar-refractivity contribution in [3.63, 3.8) is 0 Å². The molecule has 0 aromatic carbocycles. The first-order valence-corrected chi connectivity index (χ1v) is 5.18. The Hall–Kier alpha value is -1.36. The molecule has 0 spiro atoms. The van der Waals surface area contributed by atoms with Gasteiger partial charge in [0.05, 0.1) is 0 Å². The van der Waals surface area contributed by atoms with Crippen LogP contribution in [0.4, 0.5) is 5.82 Å². The van der Waals surface area contributed by atoms with Gasteiger partial charge in [0.1, 0.15) is 11.6 Å². The molecule has 5 nitrogen and oxygen atoms in total. The number of rotatable bonds is 2. The van der Waals surface area contributed by atoms with Gasteiger partial charge in [-0.25, -0.2) is 4.98 Å². The predicted molar refractivity (Wildman–Crippen MR) is 59.3 cm³/mol. The number of nitrogens with zero attached hydrogens (tertiary/aromatic N) is 2. The van der Waals surface area contributed by atoms with Crippen LogP contribution in [0.1, 0.15) is 12.2 Å². The van der Waals surface area contributed by atoms with E-state index in [2.05, 4.69) is 20.2 Å². The summed E-state index contributed by atoms with van der Waals surface area (Å²) in [4.78, 5) is 20.3. The minimum Gasteiger partial charge on any atom is -0.355 e. The van der Waals surface area contributed by atoms with Gasteiger partial charge in [-0.2, -0.15) is 0 Å². The van der Waals surface area contributed by atoms with Crippen molar-refractivity contribution >= 4 is 5.82 Å². The fourth-order valence-electron chi connectivity index (χ4n) is 1.90. The average Bonchev–Trinajstić information content (AvgIpc) is 2.67. The van der Waals surface area contributed by atoms with Gasteiger partial charge in [0.15, 0.2) is 0 Å². The van der Waals surface area contributed by atoms with Crippen LogP contribution in [-0.2, 0) is 0 Å². The maximum absolute atomic E-state index is 11.3. The Morgan fingerprint density at radius 1 is 1.60 bits per heavy atom. The lowest BCUT2D eigenvalue weighted by Crippen LogP contribution is -2.34. The number of H-pyrrole nitrogens is 1. The average molecular weight is 208 g/mol. The maximum atomic E-state index is 11.3. The normalized spacial score (nSPS) is 20.5. The number of aryl methyl sites for hydroxylation is 1. The fourth-order valence-corrected chi connectivity index (χ4v) is 1.90. The zero-order chi connectivity index (χ0) is 10.8. The molecule has 1 saturated heterocycles. The molecule has 1 fully saturated rings. The van der Waals surface area contributed by atoms with Crippen molar-refractivity contribution in [3.05, 3.63) is 22.2 Å². The summed E-state index contributed by atoms with van der Waals surface area (Å²) in [5, 5.41) is 3.30. The molecular weight excluding hydrogens is 192 g/mol. The Morgan fingerprint density at radius 3 is 3.00 bits per heavy atom. The van der Waals surface area contributed by atoms with Crippen molar-refractivity contribution < 1.29 is 0 Å². The second-order valence-electron chi connectivity index (χ2n) is 3.95. The van der Waals surface area contributed by atoms with Crippen LogP contribution in [-0.4, -0.2) is 36.1 Å². The first-order valence-electron chi connectivity index (χ1n) is 5.18. The van der Waals surface area contributed by atoms with Gasteiger partial charge < -0.3 is 15.2 Å². The topological polar surface area (TPSA) is 61.0 Å². The van der Waals surface area contributed by atoms with E-state index in [1.165, 1.54) is 0 Å². The molecule has 2 N–H and O–H groups in total. The van der Waals surface area contributed by atoms with Gasteiger partial charge in [-0.05, 0) is 19.9 Å². The third-order valence-electron chi connectivity index (χ3n) is 2.79. The number of aromatic amines is 1. The van der Waals surface area contributed by atoms with Crippen LogP contribution in [0.25, 0.3) is 0 Å². The van der Waals surface area contributed by atoms with E-state index in [0.717, 1.165) is 25.3 Å². The first kappa shape index (κ1) is 10.2. The third kappa shape index (κ3) is 2.18. The van der Waals surface area contributed by atoms with E-state index < -0.39 is 0 Å². The minimum atomic E-state index is -0.0877. The highest BCUT2D eigenvalue weighted by atomic mass is 16.1. The molecule has 1 aromatic rings. The van der Waals surface area contributed by atoms with Crippen LogP contribution in [0.2, 0.25) is 0 Å². The zero-order valence-corrected chi connectivity index (χ0v) is 9.08. The molecule has 0 radical (unpaired) electrons. The Bertz CT molecular complexity index is 395. The molecule has 2 rings (SSSR count). The largest absolute Gasteiger partial charge is 0.355 e. The van der Waals surface area contributed by atoms with Crippen LogP contribution in [0.15, 0.2) is 10.9 Å². The molecule has 1 atom stereocenters. The minimum absolute atomic E-state index is 0.0877. The van der Waals surface area contributed by atoms with Crippen molar-refractivity contribution in [2.24, 2.45) is 0 Å². The monoisotopic (exact) mass is 208 g/mol. The van der Waals surface area contributed by atoms with Crippen molar-refractivity contribution in [3.8, 4) is 0 Å². The standard InChI is InChI=1S/C10H16N4O/c1-7-12-9(5-10(15)13-7)14(2)8-3-4-11-6-8/h5,8,11H,3-4,6H2,1-2H3,(H,12,13,15). The molecule has 1 aliphatic heterocycles. The molecule has 0 saturated carbocycles. The summed E-state index contributed by atoms with van der Waals surface area (Å²) in [5.41, 5.74) is -0.0877. The van der Waals surface area contributed by atoms with E-state index in [4.69, 9.17) is 0 Å². The van der Waals surface area contributed by atoms with Gasteiger partial charge in [-0.3, -0.25) is 4.79 Å². The smallest absolute Gasteiger partial charge is 0.252 e. The zero-order valence-electron chi connectivity index (χ0n) is 9.08. The van der Waals surface area contributed by atoms with Crippen molar-refractivity contribution in [1.29, 1.82) is 0 Å². The lowest BCUT2D eigenvalue weighted by Gasteiger charge is -2.24. The number of likely N-dealkylation sites (N-methyl/N-ethyl adjacent to an activating group) is 1. The van der Waals surface area contributed by atoms with Crippen LogP contribution >= 0.6 is 0 Å². The van der Waals surface area contributed by atoms with Crippen LogP contribution in [0.3, 0.4) is 0 Å². The first-order chi connectivity index (χ1) is 7.16. The number of nitrogens with one attached hydrogen (secondary N) is 2. The fraction of sp³-hybridized carbons (Fsp3) is 0.600. The number of hydrogen-bond donors (Lipinski definition) is 2. The van der Waals surface area contributed by atoms with E-state index in [-0.39, 0.29) is 5.56 Å². The molecule has 0 amide bonds. The SMILES string of the molecule is Cc1nc(N(C)C2CCNC2)cc(=O)[nH]1. The Morgan fingerprint density at radius 2 is 2.40 bits per heavy atom. The molecule has 0 bridgehead atoms. The summed E-state index contributed by atoms with van der Waals surface area (Å²) in [6.45, 7) is 3.80. The maximum Gasteiger partial charge on any atom is 0.252 e. The molecule has 0 aliphatic carbocycles. The Kier molecular flexibility index (Phi) is 2.73.